The molecule has 1 aliphatic heterocycles. The van der Waals surface area contributed by atoms with Gasteiger partial charge in [0, 0.05) is 37.1 Å². The van der Waals surface area contributed by atoms with Gasteiger partial charge in [-0.05, 0) is 6.42 Å². The van der Waals surface area contributed by atoms with Crippen molar-refractivity contribution < 1.29 is 80.5 Å². The second kappa shape index (κ2) is 43.1. The molecule has 27 nitrogen and oxygen atoms in total. The van der Waals surface area contributed by atoms with Crippen LogP contribution < -0.4 is 49.5 Å². The number of nitrogens with two attached hydrogens (primary N) is 1. The predicted octanol–water partition coefficient (Wildman–Crippen LogP) is 8.84. The number of phosphoric ester groups is 3. The van der Waals surface area contributed by atoms with E-state index in [-0.39, 0.29) is 60.1 Å². The fraction of sp³-hybridized carbons (Fsp3) is 0.843. The Morgan fingerprint density at radius 2 is 1.21 bits per heavy atom. The molecule has 31 heteroatoms. The molecule has 19 N–H and O–H groups in total. The van der Waals surface area contributed by atoms with Crippen LogP contribution in [0.1, 0.15) is 213 Å². The Balaban J connectivity index is 0.0000219. The first kappa shape index (κ1) is 79.4. The molecule has 0 saturated carbocycles. The van der Waals surface area contributed by atoms with Gasteiger partial charge in [0.2, 0.25) is 11.8 Å². The zero-order chi connectivity index (χ0) is 58.2. The van der Waals surface area contributed by atoms with Gasteiger partial charge < -0.3 is 82.9 Å². The number of carbonyl (C=O) groups excluding carboxylic acids is 3. The number of quaternary nitrogens is 3. The predicted molar refractivity (Wildman–Crippen MR) is 313 cm³/mol. The number of hydrogen-bond acceptors (Lipinski definition) is 21. The molecule has 3 rings (SSSR count). The van der Waals surface area contributed by atoms with Gasteiger partial charge in [-0.2, -0.15) is 0 Å². The molecule has 8 atom stereocenters. The molecule has 0 bridgehead atoms. The zero-order valence-electron chi connectivity index (χ0n) is 49.8. The quantitative estimate of drug-likeness (QED) is 0.0220. The van der Waals surface area contributed by atoms with Crippen molar-refractivity contribution in [3.8, 4) is 0 Å². The Bertz CT molecular complexity index is 2220. The average molecular weight is 1250 g/mol. The molecule has 82 heavy (non-hydrogen) atoms. The monoisotopic (exact) mass is 1250 g/mol. The summed E-state index contributed by atoms with van der Waals surface area (Å²) in [5.41, 5.74) is 4.15. The summed E-state index contributed by atoms with van der Waals surface area (Å²) < 4.78 is 61.3. The molecule has 1 aliphatic rings. The maximum Gasteiger partial charge on any atom is 0.274 e. The SMILES string of the molecule is CCCCCCCCCCCCCCCCCCCCCCCCCCCCCC(=O)SCCNC(=O)CCNC(=O)[C@H](O)C(C)(C)COP(=O)([O-])OP(=O)([O-])OC[C@H]1O[C@@H](n2cnc3c(N)ncnc32)[C@H](O)[C@@H]1OP(=O)([O-])O.[NH4+].[NH4+].[NH4+]. The van der Waals surface area contributed by atoms with E-state index < -0.39 is 84.6 Å². The molecule has 0 spiro atoms. The van der Waals surface area contributed by atoms with Crippen molar-refractivity contribution in [1.29, 1.82) is 0 Å². The van der Waals surface area contributed by atoms with Gasteiger partial charge in [-0.15, -0.1) is 0 Å². The lowest BCUT2D eigenvalue weighted by Gasteiger charge is -2.35. The maximum atomic E-state index is 12.7. The van der Waals surface area contributed by atoms with Gasteiger partial charge in [-0.1, -0.05) is 199 Å². The number of aliphatic hydroxyl groups is 2. The van der Waals surface area contributed by atoms with Crippen molar-refractivity contribution in [2.24, 2.45) is 5.41 Å². The minimum Gasteiger partial charge on any atom is -0.756 e. The van der Waals surface area contributed by atoms with Crippen molar-refractivity contribution >= 4 is 69.1 Å². The summed E-state index contributed by atoms with van der Waals surface area (Å²) in [4.78, 5) is 95.3. The number of fused-ring (bicyclic) bond motifs is 1. The van der Waals surface area contributed by atoms with Crippen LogP contribution in [0.3, 0.4) is 0 Å². The zero-order valence-corrected chi connectivity index (χ0v) is 53.3. The minimum absolute atomic E-state index is 0. The summed E-state index contributed by atoms with van der Waals surface area (Å²) in [5, 5.41) is 26.6. The van der Waals surface area contributed by atoms with E-state index in [0.717, 1.165) is 48.2 Å². The number of unbranched alkanes of at least 4 members (excludes halogenated alkanes) is 26. The maximum absolute atomic E-state index is 12.7. The Kier molecular flexibility index (Phi) is 41.8. The Labute approximate surface area is 489 Å². The average Bonchev–Trinajstić information content (AvgIpc) is 3.96. The number of hydrogen-bond donors (Lipinski definition) is 9. The van der Waals surface area contributed by atoms with Crippen LogP contribution in [0, 0.1) is 5.41 Å². The summed E-state index contributed by atoms with van der Waals surface area (Å²) in [6.07, 6.45) is 29.0. The summed E-state index contributed by atoms with van der Waals surface area (Å²) >= 11 is 1.15. The Morgan fingerprint density at radius 1 is 0.732 bits per heavy atom. The molecule has 3 unspecified atom stereocenters. The van der Waals surface area contributed by atoms with Crippen molar-refractivity contribution in [3.05, 3.63) is 12.7 Å². The molecule has 2 aromatic heterocycles. The molecular weight excluding hydrogens is 1150 g/mol. The van der Waals surface area contributed by atoms with Crippen LogP contribution in [-0.4, -0.2) is 108 Å². The van der Waals surface area contributed by atoms with E-state index in [0.29, 0.717) is 12.2 Å². The fourth-order valence-electron chi connectivity index (χ4n) is 9.11. The smallest absolute Gasteiger partial charge is 0.274 e. The number of rotatable bonds is 47. The summed E-state index contributed by atoms with van der Waals surface area (Å²) in [6.45, 7) is 2.52. The van der Waals surface area contributed by atoms with Crippen molar-refractivity contribution in [2.45, 2.75) is 238 Å². The van der Waals surface area contributed by atoms with E-state index in [1.165, 1.54) is 168 Å². The van der Waals surface area contributed by atoms with E-state index >= 15 is 0 Å². The number of thioether (sulfide) groups is 1. The third-order valence-corrected chi connectivity index (χ3v) is 17.7. The van der Waals surface area contributed by atoms with E-state index in [4.69, 9.17) is 10.5 Å². The second-order valence-corrected chi connectivity index (χ2v) is 26.4. The highest BCUT2D eigenvalue weighted by molar-refractivity contribution is 8.13. The highest BCUT2D eigenvalue weighted by Crippen LogP contribution is 2.56. The number of phosphoric acid groups is 3. The van der Waals surface area contributed by atoms with E-state index in [9.17, 15) is 57.9 Å². The van der Waals surface area contributed by atoms with Gasteiger partial charge in [0.25, 0.3) is 23.5 Å². The lowest BCUT2D eigenvalue weighted by atomic mass is 9.87. The number of ether oxygens (including phenoxy) is 1. The van der Waals surface area contributed by atoms with Crippen LogP contribution in [0.2, 0.25) is 0 Å². The first-order chi connectivity index (χ1) is 37.6. The second-order valence-electron chi connectivity index (χ2n) is 21.2. The standard InChI is InChI=1S/C51H94N7O17P3S.3H3N/c1-4-5-6-7-8-9-10-11-12-13-14-15-16-17-18-19-20-21-22-23-24-25-26-27-28-29-30-31-42(60)79-35-34-53-41(59)32-33-54-49(63)46(62)51(2,3)37-72-78(69,70)75-77(67,68)71-36-40-45(74-76(64,65)66)44(61)50(73-40)58-39-57-43-47(52)55-38-56-48(43)58;;;/h38-40,44-46,50,61-62H,4-37H2,1-3H3,(H,53,59)(H,54,63)(H,67,68)(H,69,70)(H2,52,55,56)(H2,64,65,66);3*1H3/t40-,44-,45-,46+,50-;;;/m1.../s1. The molecule has 1 fully saturated rings. The molecule has 2 aromatic rings. The minimum atomic E-state index is -5.91. The van der Waals surface area contributed by atoms with E-state index in [2.05, 4.69) is 50.4 Å². The molecule has 480 valence electrons. The number of nitrogens with one attached hydrogen (secondary N) is 2. The lowest BCUT2D eigenvalue weighted by molar-refractivity contribution is -0.247. The molecule has 0 aliphatic carbocycles. The number of imidazole rings is 1. The van der Waals surface area contributed by atoms with Crippen molar-refractivity contribution in [2.75, 3.05) is 37.8 Å². The lowest BCUT2D eigenvalue weighted by Crippen LogP contribution is -2.46. The van der Waals surface area contributed by atoms with Gasteiger partial charge in [0.15, 0.2) is 22.8 Å². The number of aliphatic hydroxyl groups excluding tert-OH is 2. The number of nitrogen functional groups attached to an aromatic ring is 1. The highest BCUT2D eigenvalue weighted by Gasteiger charge is 2.48. The third kappa shape index (κ3) is 33.4. The summed E-state index contributed by atoms with van der Waals surface area (Å²) in [6, 6.07) is 0. The van der Waals surface area contributed by atoms with Gasteiger partial charge in [-0.25, -0.2) is 19.3 Å². The Morgan fingerprint density at radius 3 is 1.70 bits per heavy atom. The molecule has 2 amide bonds. The van der Waals surface area contributed by atoms with Crippen molar-refractivity contribution in [3.63, 3.8) is 0 Å². The normalized spacial score (nSPS) is 18.7. The van der Waals surface area contributed by atoms with E-state index in [1.807, 2.05) is 0 Å². The first-order valence-electron chi connectivity index (χ1n) is 28.5. The topological polar surface area (TPSA) is 482 Å². The van der Waals surface area contributed by atoms with Gasteiger partial charge >= 0.3 is 0 Å². The van der Waals surface area contributed by atoms with Gasteiger partial charge in [-0.3, -0.25) is 32.6 Å². The van der Waals surface area contributed by atoms with Gasteiger partial charge in [0.1, 0.15) is 36.3 Å². The summed E-state index contributed by atoms with van der Waals surface area (Å²) in [7, 11) is -17.3. The highest BCUT2D eigenvalue weighted by atomic mass is 32.2. The van der Waals surface area contributed by atoms with E-state index in [1.54, 1.807) is 0 Å². The molecular formula is C51H103N10O17P3S. The molecule has 0 radical (unpaired) electrons. The largest absolute Gasteiger partial charge is 0.756 e. The number of carbonyl (C=O) groups is 3. The third-order valence-electron chi connectivity index (χ3n) is 13.7. The Hall–Kier alpha value is -2.56. The number of aromatic nitrogens is 4. The van der Waals surface area contributed by atoms with Crippen LogP contribution >= 0.6 is 35.2 Å². The number of amides is 2. The fourth-order valence-corrected chi connectivity index (χ4v) is 12.6. The molecule has 3 heterocycles. The number of anilines is 1. The van der Waals surface area contributed by atoms with Crippen molar-refractivity contribution in [1.82, 2.24) is 48.6 Å². The molecule has 0 aromatic carbocycles. The van der Waals surface area contributed by atoms with Gasteiger partial charge in [0.05, 0.1) is 19.5 Å². The van der Waals surface area contributed by atoms with Crippen LogP contribution in [0.4, 0.5) is 5.82 Å². The van der Waals surface area contributed by atoms with Crippen LogP contribution in [0.5, 0.6) is 0 Å². The van der Waals surface area contributed by atoms with Crippen LogP contribution in [0.15, 0.2) is 12.7 Å². The van der Waals surface area contributed by atoms with Crippen LogP contribution in [0.25, 0.3) is 11.2 Å². The van der Waals surface area contributed by atoms with Crippen LogP contribution in [-0.2, 0) is 50.7 Å². The number of nitrogens with zero attached hydrogens (tertiary/aromatic N) is 4. The molecule has 1 saturated heterocycles. The first-order valence-corrected chi connectivity index (χ1v) is 34.0. The summed E-state index contributed by atoms with van der Waals surface area (Å²) in [5.74, 6) is -1.10.